The number of morpholine rings is 1. The monoisotopic (exact) mass is 418 g/mol. The summed E-state index contributed by atoms with van der Waals surface area (Å²) in [4.78, 5) is 14.4. The maximum Gasteiger partial charge on any atom is 0.241 e. The fraction of sp³-hybridized carbons (Fsp3) is 0.381. The van der Waals surface area contributed by atoms with Gasteiger partial charge in [-0.3, -0.25) is 4.79 Å². The summed E-state index contributed by atoms with van der Waals surface area (Å²) in [5.74, 6) is 0.375. The lowest BCUT2D eigenvalue weighted by atomic mass is 10.1. The molecule has 1 atom stereocenters. The minimum absolute atomic E-state index is 0.116. The van der Waals surface area contributed by atoms with Crippen LogP contribution >= 0.6 is 0 Å². The van der Waals surface area contributed by atoms with Crippen molar-refractivity contribution in [3.8, 4) is 5.75 Å². The van der Waals surface area contributed by atoms with Gasteiger partial charge < -0.3 is 14.4 Å². The first kappa shape index (κ1) is 21.3. The van der Waals surface area contributed by atoms with Crippen molar-refractivity contribution in [3.05, 3.63) is 59.2 Å². The van der Waals surface area contributed by atoms with E-state index in [-0.39, 0.29) is 23.5 Å². The van der Waals surface area contributed by atoms with Gasteiger partial charge in [-0.2, -0.15) is 0 Å². The fourth-order valence-corrected chi connectivity index (χ4v) is 4.63. The number of amides is 1. The molecule has 1 aliphatic heterocycles. The quantitative estimate of drug-likeness (QED) is 0.777. The van der Waals surface area contributed by atoms with E-state index in [0.717, 1.165) is 16.7 Å². The van der Waals surface area contributed by atoms with Crippen LogP contribution in [0.3, 0.4) is 0 Å². The summed E-state index contributed by atoms with van der Waals surface area (Å²) >= 11 is 0. The fourth-order valence-electron chi connectivity index (χ4n) is 3.48. The Balaban J connectivity index is 1.65. The normalized spacial score (nSPS) is 17.2. The third-order valence-corrected chi connectivity index (χ3v) is 6.33. The second-order valence-corrected chi connectivity index (χ2v) is 8.79. The molecule has 0 saturated carbocycles. The molecule has 0 radical (unpaired) electrons. The number of sulfonamides is 1. The highest BCUT2D eigenvalue weighted by atomic mass is 32.2. The summed E-state index contributed by atoms with van der Waals surface area (Å²) in [5.41, 5.74) is 2.44. The second-order valence-electron chi connectivity index (χ2n) is 7.02. The highest BCUT2D eigenvalue weighted by molar-refractivity contribution is 7.89. The standard InChI is InChI=1S/C21H26N2O5S/c1-15-11-18(12-16(2)21(15)27-3)29(25,26)22-13-20(24)23-9-10-28-19(14-23)17-7-5-4-6-8-17/h4-8,11-12,19,22H,9-10,13-14H2,1-3H3. The van der Waals surface area contributed by atoms with E-state index in [4.69, 9.17) is 9.47 Å². The van der Waals surface area contributed by atoms with E-state index in [0.29, 0.717) is 25.4 Å². The van der Waals surface area contributed by atoms with Gasteiger partial charge in [0.1, 0.15) is 11.9 Å². The van der Waals surface area contributed by atoms with E-state index < -0.39 is 10.0 Å². The molecule has 1 saturated heterocycles. The van der Waals surface area contributed by atoms with Crippen LogP contribution in [0.1, 0.15) is 22.8 Å². The number of aryl methyl sites for hydroxylation is 2. The maximum absolute atomic E-state index is 12.7. The molecular weight excluding hydrogens is 392 g/mol. The Morgan fingerprint density at radius 2 is 1.86 bits per heavy atom. The first-order valence-electron chi connectivity index (χ1n) is 9.41. The molecule has 3 rings (SSSR count). The number of carbonyl (C=O) groups is 1. The van der Waals surface area contributed by atoms with Gasteiger partial charge in [0.25, 0.3) is 0 Å². The van der Waals surface area contributed by atoms with Crippen LogP contribution in [0, 0.1) is 13.8 Å². The summed E-state index contributed by atoms with van der Waals surface area (Å²) in [6.07, 6.45) is -0.211. The Bertz CT molecular complexity index is 953. The van der Waals surface area contributed by atoms with E-state index >= 15 is 0 Å². The van der Waals surface area contributed by atoms with E-state index in [2.05, 4.69) is 4.72 Å². The molecule has 2 aromatic carbocycles. The number of hydrogen-bond donors (Lipinski definition) is 1. The molecule has 0 aromatic heterocycles. The zero-order chi connectivity index (χ0) is 21.0. The number of nitrogens with one attached hydrogen (secondary N) is 1. The van der Waals surface area contributed by atoms with Crippen molar-refractivity contribution in [2.75, 3.05) is 33.4 Å². The van der Waals surface area contributed by atoms with Crippen molar-refractivity contribution < 1.29 is 22.7 Å². The number of methoxy groups -OCH3 is 1. The third-order valence-electron chi connectivity index (χ3n) is 4.95. The van der Waals surface area contributed by atoms with Crippen LogP contribution < -0.4 is 9.46 Å². The summed E-state index contributed by atoms with van der Waals surface area (Å²) in [7, 11) is -2.27. The predicted molar refractivity (Wildman–Crippen MR) is 109 cm³/mol. The molecule has 7 nitrogen and oxygen atoms in total. The van der Waals surface area contributed by atoms with Crippen LogP contribution in [0.4, 0.5) is 0 Å². The van der Waals surface area contributed by atoms with E-state index in [1.54, 1.807) is 38.0 Å². The molecular formula is C21H26N2O5S. The molecule has 29 heavy (non-hydrogen) atoms. The molecule has 1 amide bonds. The molecule has 1 unspecified atom stereocenters. The van der Waals surface area contributed by atoms with Gasteiger partial charge in [0.2, 0.25) is 15.9 Å². The molecule has 1 fully saturated rings. The van der Waals surface area contributed by atoms with Crippen molar-refractivity contribution in [1.29, 1.82) is 0 Å². The highest BCUT2D eigenvalue weighted by Gasteiger charge is 2.26. The maximum atomic E-state index is 12.7. The minimum Gasteiger partial charge on any atom is -0.496 e. The Kier molecular flexibility index (Phi) is 6.56. The topological polar surface area (TPSA) is 84.9 Å². The van der Waals surface area contributed by atoms with Gasteiger partial charge in [0, 0.05) is 6.54 Å². The second kappa shape index (κ2) is 8.94. The van der Waals surface area contributed by atoms with Crippen molar-refractivity contribution in [2.24, 2.45) is 0 Å². The van der Waals surface area contributed by atoms with Crippen LogP contribution in [0.5, 0.6) is 5.75 Å². The van der Waals surface area contributed by atoms with Gasteiger partial charge in [-0.15, -0.1) is 0 Å². The van der Waals surface area contributed by atoms with Crippen LogP contribution in [-0.4, -0.2) is 52.6 Å². The zero-order valence-corrected chi connectivity index (χ0v) is 17.7. The lowest BCUT2D eigenvalue weighted by Gasteiger charge is -2.33. The summed E-state index contributed by atoms with van der Waals surface area (Å²) in [6, 6.07) is 12.8. The Hall–Kier alpha value is -2.42. The van der Waals surface area contributed by atoms with Gasteiger partial charge in [0.05, 0.1) is 31.7 Å². The predicted octanol–water partition coefficient (Wildman–Crippen LogP) is 2.19. The van der Waals surface area contributed by atoms with Crippen molar-refractivity contribution >= 4 is 15.9 Å². The summed E-state index contributed by atoms with van der Waals surface area (Å²) in [5, 5.41) is 0. The summed E-state index contributed by atoms with van der Waals surface area (Å²) < 4.78 is 38.8. The van der Waals surface area contributed by atoms with Crippen molar-refractivity contribution in [1.82, 2.24) is 9.62 Å². The molecule has 0 bridgehead atoms. The molecule has 156 valence electrons. The van der Waals surface area contributed by atoms with Gasteiger partial charge in [-0.1, -0.05) is 30.3 Å². The number of benzene rings is 2. The molecule has 2 aromatic rings. The van der Waals surface area contributed by atoms with Crippen LogP contribution in [0.25, 0.3) is 0 Å². The average Bonchev–Trinajstić information content (AvgIpc) is 2.72. The highest BCUT2D eigenvalue weighted by Crippen LogP contribution is 2.26. The number of nitrogens with zero attached hydrogens (tertiary/aromatic N) is 1. The Morgan fingerprint density at radius 1 is 1.21 bits per heavy atom. The molecule has 1 heterocycles. The van der Waals surface area contributed by atoms with E-state index in [1.807, 2.05) is 30.3 Å². The Labute approximate surface area is 171 Å². The van der Waals surface area contributed by atoms with Gasteiger partial charge >= 0.3 is 0 Å². The van der Waals surface area contributed by atoms with Crippen LogP contribution in [0.2, 0.25) is 0 Å². The zero-order valence-electron chi connectivity index (χ0n) is 16.8. The van der Waals surface area contributed by atoms with Crippen molar-refractivity contribution in [3.63, 3.8) is 0 Å². The first-order chi connectivity index (χ1) is 13.8. The number of ether oxygens (including phenoxy) is 2. The minimum atomic E-state index is -3.81. The first-order valence-corrected chi connectivity index (χ1v) is 10.9. The van der Waals surface area contributed by atoms with Gasteiger partial charge in [-0.05, 0) is 42.7 Å². The van der Waals surface area contributed by atoms with Gasteiger partial charge in [-0.25, -0.2) is 13.1 Å². The molecule has 1 N–H and O–H groups in total. The molecule has 1 aliphatic rings. The van der Waals surface area contributed by atoms with E-state index in [9.17, 15) is 13.2 Å². The Morgan fingerprint density at radius 3 is 2.48 bits per heavy atom. The van der Waals surface area contributed by atoms with Crippen molar-refractivity contribution in [2.45, 2.75) is 24.8 Å². The largest absolute Gasteiger partial charge is 0.496 e. The van der Waals surface area contributed by atoms with Gasteiger partial charge in [0.15, 0.2) is 0 Å². The number of carbonyl (C=O) groups excluding carboxylic acids is 1. The van der Waals surface area contributed by atoms with Crippen LogP contribution in [0.15, 0.2) is 47.4 Å². The SMILES string of the molecule is COc1c(C)cc(S(=O)(=O)NCC(=O)N2CCOC(c3ccccc3)C2)cc1C. The molecule has 0 aliphatic carbocycles. The lowest BCUT2D eigenvalue weighted by Crippen LogP contribution is -2.46. The number of rotatable bonds is 6. The smallest absolute Gasteiger partial charge is 0.241 e. The third kappa shape index (κ3) is 4.95. The van der Waals surface area contributed by atoms with E-state index in [1.165, 1.54) is 0 Å². The molecule has 8 heteroatoms. The molecule has 0 spiro atoms. The average molecular weight is 419 g/mol. The summed E-state index contributed by atoms with van der Waals surface area (Å²) in [6.45, 7) is 4.51. The van der Waals surface area contributed by atoms with Crippen LogP contribution in [-0.2, 0) is 19.6 Å². The number of hydrogen-bond acceptors (Lipinski definition) is 5. The lowest BCUT2D eigenvalue weighted by molar-refractivity contribution is -0.137.